The Morgan fingerprint density at radius 3 is 2.79 bits per heavy atom. The summed E-state index contributed by atoms with van der Waals surface area (Å²) in [5, 5.41) is 9.55. The van der Waals surface area contributed by atoms with Crippen LogP contribution in [0.1, 0.15) is 58.6 Å². The first-order valence-corrected chi connectivity index (χ1v) is 10.4. The van der Waals surface area contributed by atoms with Crippen LogP contribution in [0.4, 0.5) is 4.39 Å². The maximum atomic E-state index is 14.3. The molecule has 1 atom stereocenters. The maximum Gasteiger partial charge on any atom is 0.227 e. The van der Waals surface area contributed by atoms with Crippen molar-refractivity contribution in [2.45, 2.75) is 58.0 Å². The van der Waals surface area contributed by atoms with Gasteiger partial charge in [0.1, 0.15) is 5.82 Å². The van der Waals surface area contributed by atoms with E-state index >= 15 is 0 Å². The minimum atomic E-state index is -0.267. The van der Waals surface area contributed by atoms with E-state index in [9.17, 15) is 19.1 Å². The van der Waals surface area contributed by atoms with Crippen LogP contribution in [0, 0.1) is 12.7 Å². The third-order valence-electron chi connectivity index (χ3n) is 6.38. The van der Waals surface area contributed by atoms with Gasteiger partial charge in [-0.3, -0.25) is 9.59 Å². The number of ketones is 1. The molecule has 1 aromatic heterocycles. The van der Waals surface area contributed by atoms with Gasteiger partial charge in [0.15, 0.2) is 5.78 Å². The molecule has 4 rings (SSSR count). The Hall–Kier alpha value is -2.47. The highest BCUT2D eigenvalue weighted by Crippen LogP contribution is 2.32. The molecule has 0 spiro atoms. The molecular weight excluding hydrogens is 371 g/mol. The molecule has 6 heteroatoms. The fourth-order valence-electron chi connectivity index (χ4n) is 4.82. The van der Waals surface area contributed by atoms with Gasteiger partial charge >= 0.3 is 0 Å². The van der Waals surface area contributed by atoms with Crippen LogP contribution in [0.15, 0.2) is 24.3 Å². The molecule has 1 fully saturated rings. The van der Waals surface area contributed by atoms with Crippen LogP contribution in [0.5, 0.6) is 0 Å². The number of halogens is 1. The summed E-state index contributed by atoms with van der Waals surface area (Å²) in [6.07, 6.45) is 3.88. The largest absolute Gasteiger partial charge is 0.394 e. The molecule has 0 saturated carbocycles. The molecule has 0 unspecified atom stereocenters. The maximum absolute atomic E-state index is 14.3. The second-order valence-electron chi connectivity index (χ2n) is 8.08. The van der Waals surface area contributed by atoms with E-state index in [0.29, 0.717) is 30.6 Å². The lowest BCUT2D eigenvalue weighted by atomic mass is 9.92. The lowest BCUT2D eigenvalue weighted by Gasteiger charge is -2.23. The Morgan fingerprint density at radius 2 is 2.03 bits per heavy atom. The summed E-state index contributed by atoms with van der Waals surface area (Å²) in [6, 6.07) is 6.54. The van der Waals surface area contributed by atoms with Gasteiger partial charge in [-0.2, -0.15) is 0 Å². The summed E-state index contributed by atoms with van der Waals surface area (Å²) in [4.78, 5) is 27.5. The number of nitrogens with zero attached hydrogens (tertiary/aromatic N) is 2. The van der Waals surface area contributed by atoms with E-state index in [2.05, 4.69) is 0 Å². The lowest BCUT2D eigenvalue weighted by Crippen LogP contribution is -2.38. The summed E-state index contributed by atoms with van der Waals surface area (Å²) in [5.41, 5.74) is 3.79. The highest BCUT2D eigenvalue weighted by molar-refractivity contribution is 6.01. The van der Waals surface area contributed by atoms with Crippen LogP contribution in [0.25, 0.3) is 0 Å². The van der Waals surface area contributed by atoms with E-state index in [4.69, 9.17) is 0 Å². The molecule has 5 nitrogen and oxygen atoms in total. The number of benzene rings is 1. The molecular formula is C23H27FN2O3. The Kier molecular flexibility index (Phi) is 5.54. The van der Waals surface area contributed by atoms with Gasteiger partial charge in [-0.15, -0.1) is 0 Å². The summed E-state index contributed by atoms with van der Waals surface area (Å²) in [7, 11) is 0. The smallest absolute Gasteiger partial charge is 0.227 e. The first-order valence-electron chi connectivity index (χ1n) is 10.4. The minimum Gasteiger partial charge on any atom is -0.394 e. The Bertz CT molecular complexity index is 950. The van der Waals surface area contributed by atoms with E-state index in [-0.39, 0.29) is 36.6 Å². The standard InChI is InChI=1S/C23H27FN2O3/c1-15-18(12-22(29)25-11-5-7-17(25)14-27)23-20(9-4-10-21(23)28)26(15)13-16-6-2-3-8-19(16)24/h2-3,6,8,17,27H,4-5,7,9-14H2,1H3/t17-/m0/s1. The van der Waals surface area contributed by atoms with Gasteiger partial charge in [-0.05, 0) is 44.2 Å². The molecule has 2 heterocycles. The van der Waals surface area contributed by atoms with Crippen molar-refractivity contribution in [1.82, 2.24) is 9.47 Å². The van der Waals surface area contributed by atoms with Crippen LogP contribution in [0.2, 0.25) is 0 Å². The van der Waals surface area contributed by atoms with Gasteiger partial charge < -0.3 is 14.6 Å². The SMILES string of the molecule is Cc1c(CC(=O)N2CCC[C@H]2CO)c2c(n1Cc1ccccc1F)CCCC2=O. The van der Waals surface area contributed by atoms with Crippen molar-refractivity contribution < 1.29 is 19.1 Å². The number of aromatic nitrogens is 1. The molecule has 0 bridgehead atoms. The van der Waals surface area contributed by atoms with E-state index in [1.807, 2.05) is 17.6 Å². The summed E-state index contributed by atoms with van der Waals surface area (Å²) < 4.78 is 16.3. The fourth-order valence-corrected chi connectivity index (χ4v) is 4.82. The monoisotopic (exact) mass is 398 g/mol. The number of fused-ring (bicyclic) bond motifs is 1. The molecule has 2 aliphatic rings. The predicted octanol–water partition coefficient (Wildman–Crippen LogP) is 3.03. The summed E-state index contributed by atoms with van der Waals surface area (Å²) in [6.45, 7) is 2.89. The zero-order valence-electron chi connectivity index (χ0n) is 16.8. The van der Waals surface area contributed by atoms with Gasteiger partial charge in [-0.1, -0.05) is 18.2 Å². The van der Waals surface area contributed by atoms with Gasteiger partial charge in [-0.25, -0.2) is 4.39 Å². The number of Topliss-reactive ketones (excluding diaryl/α,β-unsaturated/α-hetero) is 1. The Labute approximate surface area is 170 Å². The Balaban J connectivity index is 1.70. The quantitative estimate of drug-likeness (QED) is 0.842. The van der Waals surface area contributed by atoms with Crippen LogP contribution in [0.3, 0.4) is 0 Å². The molecule has 1 aromatic carbocycles. The number of aliphatic hydroxyl groups is 1. The molecule has 1 saturated heterocycles. The van der Waals surface area contributed by atoms with E-state index in [0.717, 1.165) is 42.6 Å². The van der Waals surface area contributed by atoms with Crippen molar-refractivity contribution in [2.75, 3.05) is 13.2 Å². The zero-order chi connectivity index (χ0) is 20.5. The van der Waals surface area contributed by atoms with Gasteiger partial charge in [0.2, 0.25) is 5.91 Å². The fraction of sp³-hybridized carbons (Fsp3) is 0.478. The number of amides is 1. The van der Waals surface area contributed by atoms with Crippen molar-refractivity contribution in [1.29, 1.82) is 0 Å². The van der Waals surface area contributed by atoms with Crippen LogP contribution in [-0.2, 0) is 24.2 Å². The van der Waals surface area contributed by atoms with Crippen molar-refractivity contribution in [3.63, 3.8) is 0 Å². The van der Waals surface area contributed by atoms with Crippen molar-refractivity contribution in [3.8, 4) is 0 Å². The van der Waals surface area contributed by atoms with Gasteiger partial charge in [0.05, 0.1) is 25.6 Å². The number of hydrogen-bond acceptors (Lipinski definition) is 3. The predicted molar refractivity (Wildman–Crippen MR) is 107 cm³/mol. The Morgan fingerprint density at radius 1 is 1.24 bits per heavy atom. The summed E-state index contributed by atoms with van der Waals surface area (Å²) in [5.74, 6) is -0.240. The highest BCUT2D eigenvalue weighted by atomic mass is 19.1. The third kappa shape index (κ3) is 3.62. The van der Waals surface area contributed by atoms with E-state index in [1.165, 1.54) is 6.07 Å². The molecule has 1 amide bonds. The molecule has 2 aromatic rings. The number of likely N-dealkylation sites (tertiary alicyclic amines) is 1. The van der Waals surface area contributed by atoms with E-state index < -0.39 is 0 Å². The van der Waals surface area contributed by atoms with Crippen molar-refractivity contribution in [2.24, 2.45) is 0 Å². The molecule has 29 heavy (non-hydrogen) atoms. The van der Waals surface area contributed by atoms with Gasteiger partial charge in [0, 0.05) is 35.5 Å². The van der Waals surface area contributed by atoms with Crippen LogP contribution < -0.4 is 0 Å². The van der Waals surface area contributed by atoms with E-state index in [1.54, 1.807) is 17.0 Å². The highest BCUT2D eigenvalue weighted by Gasteiger charge is 2.33. The number of carbonyl (C=O) groups is 2. The lowest BCUT2D eigenvalue weighted by molar-refractivity contribution is -0.132. The number of aliphatic hydroxyl groups excluding tert-OH is 1. The zero-order valence-corrected chi connectivity index (χ0v) is 16.8. The molecule has 1 aliphatic heterocycles. The third-order valence-corrected chi connectivity index (χ3v) is 6.38. The van der Waals surface area contributed by atoms with Crippen LogP contribution >= 0.6 is 0 Å². The topological polar surface area (TPSA) is 62.5 Å². The average molecular weight is 398 g/mol. The average Bonchev–Trinajstić information content (AvgIpc) is 3.29. The first-order chi connectivity index (χ1) is 14.0. The normalized spacial score (nSPS) is 18.9. The van der Waals surface area contributed by atoms with Gasteiger partial charge in [0.25, 0.3) is 0 Å². The number of hydrogen-bond donors (Lipinski definition) is 1. The molecule has 154 valence electrons. The van der Waals surface area contributed by atoms with Crippen molar-refractivity contribution >= 4 is 11.7 Å². The molecule has 0 radical (unpaired) electrons. The van der Waals surface area contributed by atoms with Crippen LogP contribution in [-0.4, -0.2) is 45.5 Å². The number of carbonyl (C=O) groups excluding carboxylic acids is 2. The molecule has 1 aliphatic carbocycles. The second kappa shape index (κ2) is 8.11. The molecule has 1 N–H and O–H groups in total. The first kappa shape index (κ1) is 19.8. The number of rotatable bonds is 5. The van der Waals surface area contributed by atoms with Crippen molar-refractivity contribution in [3.05, 3.63) is 58.2 Å². The summed E-state index contributed by atoms with van der Waals surface area (Å²) >= 11 is 0. The second-order valence-corrected chi connectivity index (χ2v) is 8.08. The minimum absolute atomic E-state index is 0.0317.